The van der Waals surface area contributed by atoms with Crippen LogP contribution in [0.5, 0.6) is 5.75 Å². The molecule has 1 aromatic carbocycles. The second kappa shape index (κ2) is 5.43. The molecule has 0 fully saturated rings. The van der Waals surface area contributed by atoms with E-state index in [1.54, 1.807) is 0 Å². The van der Waals surface area contributed by atoms with E-state index in [0.29, 0.717) is 0 Å². The quantitative estimate of drug-likeness (QED) is 0.862. The Morgan fingerprint density at radius 1 is 1.44 bits per heavy atom. The molecule has 3 nitrogen and oxygen atoms in total. The lowest BCUT2D eigenvalue weighted by atomic mass is 10.2. The first-order valence-corrected chi connectivity index (χ1v) is 5.41. The zero-order valence-electron chi connectivity index (χ0n) is 8.92. The molecule has 0 saturated carbocycles. The van der Waals surface area contributed by atoms with Gasteiger partial charge in [0.15, 0.2) is 0 Å². The Balaban J connectivity index is 2.96. The predicted molar refractivity (Wildman–Crippen MR) is 61.4 cm³/mol. The molecule has 0 aliphatic rings. The van der Waals surface area contributed by atoms with Crippen molar-refractivity contribution in [1.29, 1.82) is 0 Å². The molecule has 0 aromatic heterocycles. The highest BCUT2D eigenvalue weighted by molar-refractivity contribution is 9.10. The minimum Gasteiger partial charge on any atom is -0.488 e. The van der Waals surface area contributed by atoms with Gasteiger partial charge in [0.2, 0.25) is 0 Å². The minimum absolute atomic E-state index is 0.249. The number of halogens is 4. The minimum atomic E-state index is -4.58. The van der Waals surface area contributed by atoms with Crippen molar-refractivity contribution in [2.24, 2.45) is 0 Å². The number of hydrogen-bond acceptors (Lipinski definition) is 2. The maximum absolute atomic E-state index is 12.7. The van der Waals surface area contributed by atoms with Gasteiger partial charge in [-0.05, 0) is 18.2 Å². The Morgan fingerprint density at radius 2 is 2.06 bits per heavy atom. The number of alkyl halides is 3. The van der Waals surface area contributed by atoms with Crippen molar-refractivity contribution in [2.75, 3.05) is 6.61 Å². The largest absolute Gasteiger partial charge is 0.488 e. The van der Waals surface area contributed by atoms with Crippen molar-refractivity contribution >= 4 is 21.9 Å². The molecule has 0 aliphatic heterocycles. The van der Waals surface area contributed by atoms with Crippen LogP contribution in [-0.2, 0) is 11.0 Å². The van der Waals surface area contributed by atoms with Gasteiger partial charge in [0.1, 0.15) is 12.4 Å². The van der Waals surface area contributed by atoms with Crippen molar-refractivity contribution in [3.63, 3.8) is 0 Å². The van der Waals surface area contributed by atoms with E-state index in [2.05, 4.69) is 22.5 Å². The fourth-order valence-electron chi connectivity index (χ4n) is 1.08. The lowest BCUT2D eigenvalue weighted by Crippen LogP contribution is -2.13. The molecule has 1 aromatic rings. The molecule has 18 heavy (non-hydrogen) atoms. The third-order valence-corrected chi connectivity index (χ3v) is 2.44. The molecule has 0 spiro atoms. The molecular weight excluding hydrogens is 317 g/mol. The maximum atomic E-state index is 12.7. The van der Waals surface area contributed by atoms with Gasteiger partial charge in [0, 0.05) is 4.47 Å². The smallest absolute Gasteiger partial charge is 0.420 e. The Morgan fingerprint density at radius 3 is 2.56 bits per heavy atom. The molecule has 98 valence electrons. The average molecular weight is 325 g/mol. The van der Waals surface area contributed by atoms with Crippen LogP contribution in [0, 0.1) is 0 Å². The van der Waals surface area contributed by atoms with E-state index in [1.807, 2.05) is 0 Å². The third-order valence-electron chi connectivity index (χ3n) is 1.95. The summed E-state index contributed by atoms with van der Waals surface area (Å²) < 4.78 is 43.1. The normalized spacial score (nSPS) is 11.1. The molecule has 0 unspecified atom stereocenters. The van der Waals surface area contributed by atoms with Gasteiger partial charge >= 0.3 is 12.1 Å². The zero-order valence-corrected chi connectivity index (χ0v) is 10.5. The Bertz CT molecular complexity index is 483. The molecule has 0 aliphatic carbocycles. The van der Waals surface area contributed by atoms with E-state index in [-0.39, 0.29) is 10.0 Å². The van der Waals surface area contributed by atoms with Crippen LogP contribution in [0.3, 0.4) is 0 Å². The highest BCUT2D eigenvalue weighted by atomic mass is 79.9. The summed E-state index contributed by atoms with van der Waals surface area (Å²) in [4.78, 5) is 10.4. The van der Waals surface area contributed by atoms with Crippen LogP contribution in [0.2, 0.25) is 0 Å². The summed E-state index contributed by atoms with van der Waals surface area (Å²) in [5.41, 5.74) is -1.30. The van der Waals surface area contributed by atoms with Crippen molar-refractivity contribution in [3.05, 3.63) is 40.4 Å². The highest BCUT2D eigenvalue weighted by Crippen LogP contribution is 2.37. The monoisotopic (exact) mass is 324 g/mol. The molecule has 0 saturated heterocycles. The van der Waals surface area contributed by atoms with Crippen LogP contribution >= 0.6 is 15.9 Å². The zero-order chi connectivity index (χ0) is 13.9. The summed E-state index contributed by atoms with van der Waals surface area (Å²) in [6.45, 7) is 2.65. The predicted octanol–water partition coefficient (Wildman–Crippen LogP) is 3.49. The summed E-state index contributed by atoms with van der Waals surface area (Å²) in [6, 6.07) is 3.34. The number of aliphatic carboxylic acids is 1. The number of hydrogen-bond donors (Lipinski definition) is 1. The first-order chi connectivity index (χ1) is 8.21. The van der Waals surface area contributed by atoms with Crippen LogP contribution in [0.25, 0.3) is 0 Å². The van der Waals surface area contributed by atoms with Crippen molar-refractivity contribution in [1.82, 2.24) is 0 Å². The van der Waals surface area contributed by atoms with Crippen LogP contribution in [0.4, 0.5) is 13.2 Å². The molecule has 1 N–H and O–H groups in total. The van der Waals surface area contributed by atoms with Gasteiger partial charge in [-0.3, -0.25) is 0 Å². The van der Waals surface area contributed by atoms with Crippen molar-refractivity contribution < 1.29 is 27.8 Å². The number of carbonyl (C=O) groups is 1. The van der Waals surface area contributed by atoms with Crippen LogP contribution in [0.15, 0.2) is 34.8 Å². The van der Waals surface area contributed by atoms with Gasteiger partial charge < -0.3 is 9.84 Å². The van der Waals surface area contributed by atoms with Gasteiger partial charge in [-0.25, -0.2) is 4.79 Å². The topological polar surface area (TPSA) is 46.5 Å². The highest BCUT2D eigenvalue weighted by Gasteiger charge is 2.34. The van der Waals surface area contributed by atoms with E-state index in [0.717, 1.165) is 12.1 Å². The molecule has 0 bridgehead atoms. The van der Waals surface area contributed by atoms with E-state index in [4.69, 9.17) is 9.84 Å². The van der Waals surface area contributed by atoms with E-state index in [9.17, 15) is 18.0 Å². The van der Waals surface area contributed by atoms with Crippen molar-refractivity contribution in [2.45, 2.75) is 6.18 Å². The Labute approximate surface area is 109 Å². The number of benzene rings is 1. The van der Waals surface area contributed by atoms with Gasteiger partial charge in [-0.1, -0.05) is 22.5 Å². The van der Waals surface area contributed by atoms with Crippen LogP contribution in [0.1, 0.15) is 5.56 Å². The number of carboxylic acid groups (broad SMARTS) is 1. The van der Waals surface area contributed by atoms with Gasteiger partial charge in [0.05, 0.1) is 11.1 Å². The van der Waals surface area contributed by atoms with E-state index in [1.165, 1.54) is 6.07 Å². The SMILES string of the molecule is C=C(COc1ccc(Br)cc1C(F)(F)F)C(=O)O. The lowest BCUT2D eigenvalue weighted by Gasteiger charge is -2.14. The maximum Gasteiger partial charge on any atom is 0.420 e. The number of rotatable bonds is 4. The fourth-order valence-corrected chi connectivity index (χ4v) is 1.44. The number of carboxylic acids is 1. The standard InChI is InChI=1S/C11H8BrF3O3/c1-6(10(16)17)5-18-9-3-2-7(12)4-8(9)11(13,14)15/h2-4H,1,5H2,(H,16,17). The van der Waals surface area contributed by atoms with Gasteiger partial charge in [0.25, 0.3) is 0 Å². The second-order valence-corrected chi connectivity index (χ2v) is 4.25. The molecule has 1 rings (SSSR count). The molecular formula is C11H8BrF3O3. The number of ether oxygens (including phenoxy) is 1. The van der Waals surface area contributed by atoms with Crippen LogP contribution in [-0.4, -0.2) is 17.7 Å². The Kier molecular flexibility index (Phi) is 4.39. The first kappa shape index (κ1) is 14.6. The average Bonchev–Trinajstić information content (AvgIpc) is 2.25. The van der Waals surface area contributed by atoms with Crippen molar-refractivity contribution in [3.8, 4) is 5.75 Å². The molecule has 7 heteroatoms. The van der Waals surface area contributed by atoms with Crippen LogP contribution < -0.4 is 4.74 Å². The molecule has 0 heterocycles. The summed E-state index contributed by atoms with van der Waals surface area (Å²) >= 11 is 2.92. The lowest BCUT2D eigenvalue weighted by molar-refractivity contribution is -0.138. The fraction of sp³-hybridized carbons (Fsp3) is 0.182. The van der Waals surface area contributed by atoms with E-state index < -0.39 is 30.1 Å². The Hall–Kier alpha value is -1.50. The second-order valence-electron chi connectivity index (χ2n) is 3.34. The molecule has 0 amide bonds. The summed E-state index contributed by atoms with van der Waals surface area (Å²) in [5.74, 6) is -1.76. The summed E-state index contributed by atoms with van der Waals surface area (Å²) in [6.07, 6.45) is -4.58. The molecule has 0 radical (unpaired) electrons. The van der Waals surface area contributed by atoms with E-state index >= 15 is 0 Å². The summed E-state index contributed by atoms with van der Waals surface area (Å²) in [5, 5.41) is 8.52. The summed E-state index contributed by atoms with van der Waals surface area (Å²) in [7, 11) is 0. The first-order valence-electron chi connectivity index (χ1n) is 4.62. The van der Waals surface area contributed by atoms with Gasteiger partial charge in [-0.15, -0.1) is 0 Å². The third kappa shape index (κ3) is 3.76. The molecule has 0 atom stereocenters. The van der Waals surface area contributed by atoms with Gasteiger partial charge in [-0.2, -0.15) is 13.2 Å².